The first kappa shape index (κ1) is 22.5. The summed E-state index contributed by atoms with van der Waals surface area (Å²) in [5.41, 5.74) is 3.44. The number of alkyl halides is 3. The van der Waals surface area contributed by atoms with Gasteiger partial charge in [0.15, 0.2) is 11.6 Å². The van der Waals surface area contributed by atoms with E-state index in [2.05, 4.69) is 9.97 Å². The van der Waals surface area contributed by atoms with Crippen molar-refractivity contribution in [2.45, 2.75) is 50.7 Å². The van der Waals surface area contributed by atoms with E-state index in [0.717, 1.165) is 35.2 Å². The minimum atomic E-state index is -4.39. The average Bonchev–Trinajstić information content (AvgIpc) is 3.43. The Balaban J connectivity index is 1.33. The van der Waals surface area contributed by atoms with Crippen LogP contribution < -0.4 is 4.90 Å². The number of benzene rings is 2. The molecule has 0 N–H and O–H groups in total. The van der Waals surface area contributed by atoms with Gasteiger partial charge < -0.3 is 4.90 Å². The number of nitrogens with zero attached hydrogens (tertiary/aromatic N) is 3. The third kappa shape index (κ3) is 4.41. The van der Waals surface area contributed by atoms with E-state index in [0.29, 0.717) is 49.9 Å². The number of aryl methyl sites for hydroxylation is 2. The fourth-order valence-electron chi connectivity index (χ4n) is 4.95. The van der Waals surface area contributed by atoms with Crippen molar-refractivity contribution in [1.82, 2.24) is 9.97 Å². The molecule has 1 fully saturated rings. The summed E-state index contributed by atoms with van der Waals surface area (Å²) < 4.78 is 54.2. The maximum Gasteiger partial charge on any atom is 0.416 e. The second kappa shape index (κ2) is 8.81. The molecule has 1 unspecified atom stereocenters. The van der Waals surface area contributed by atoms with Crippen molar-refractivity contribution < 1.29 is 22.4 Å². The molecule has 2 heterocycles. The van der Waals surface area contributed by atoms with E-state index in [1.165, 1.54) is 18.5 Å². The third-order valence-electron chi connectivity index (χ3n) is 6.69. The van der Waals surface area contributed by atoms with Gasteiger partial charge in [0.1, 0.15) is 12.1 Å². The number of hydrogen-bond acceptors (Lipinski definition) is 4. The van der Waals surface area contributed by atoms with Crippen LogP contribution in [0.4, 0.5) is 23.4 Å². The van der Waals surface area contributed by atoms with Crippen molar-refractivity contribution in [3.63, 3.8) is 0 Å². The molecule has 34 heavy (non-hydrogen) atoms. The maximum atomic E-state index is 15.4. The predicted molar refractivity (Wildman–Crippen MR) is 119 cm³/mol. The SMILES string of the molecule is O=C1Cc2ccc(CCc3ncnc(N4CCCC4c4ccc(C(F)(F)F)cc4)c3F)cc2C1. The van der Waals surface area contributed by atoms with Gasteiger partial charge >= 0.3 is 6.18 Å². The van der Waals surface area contributed by atoms with E-state index < -0.39 is 17.6 Å². The molecule has 1 aliphatic carbocycles. The number of aromatic nitrogens is 2. The minimum absolute atomic E-state index is 0.187. The first-order valence-electron chi connectivity index (χ1n) is 11.3. The van der Waals surface area contributed by atoms with E-state index in [-0.39, 0.29) is 17.6 Å². The van der Waals surface area contributed by atoms with Crippen molar-refractivity contribution in [2.75, 3.05) is 11.4 Å². The number of carbonyl (C=O) groups is 1. The molecule has 2 aromatic carbocycles. The average molecular weight is 469 g/mol. The van der Waals surface area contributed by atoms with Crippen molar-refractivity contribution in [3.8, 4) is 0 Å². The second-order valence-corrected chi connectivity index (χ2v) is 8.92. The summed E-state index contributed by atoms with van der Waals surface area (Å²) in [6.07, 6.45) is 0.346. The van der Waals surface area contributed by atoms with Gasteiger partial charge in [-0.05, 0) is 60.1 Å². The summed E-state index contributed by atoms with van der Waals surface area (Å²) in [7, 11) is 0. The van der Waals surface area contributed by atoms with Crippen LogP contribution >= 0.6 is 0 Å². The molecule has 0 radical (unpaired) electrons. The van der Waals surface area contributed by atoms with Crippen LogP contribution in [0.5, 0.6) is 0 Å². The molecule has 176 valence electrons. The number of rotatable bonds is 5. The van der Waals surface area contributed by atoms with Crippen LogP contribution in [0.2, 0.25) is 0 Å². The number of fused-ring (bicyclic) bond motifs is 1. The minimum Gasteiger partial charge on any atom is -0.347 e. The topological polar surface area (TPSA) is 46.1 Å². The lowest BCUT2D eigenvalue weighted by atomic mass is 10.0. The van der Waals surface area contributed by atoms with Crippen molar-refractivity contribution in [2.24, 2.45) is 0 Å². The molecule has 3 aromatic rings. The molecule has 1 atom stereocenters. The second-order valence-electron chi connectivity index (χ2n) is 8.92. The zero-order chi connectivity index (χ0) is 23.9. The Morgan fingerprint density at radius 2 is 1.74 bits per heavy atom. The van der Waals surface area contributed by atoms with Gasteiger partial charge in [-0.2, -0.15) is 13.2 Å². The largest absolute Gasteiger partial charge is 0.416 e. The Labute approximate surface area is 194 Å². The quantitative estimate of drug-likeness (QED) is 0.468. The van der Waals surface area contributed by atoms with Crippen LogP contribution in [-0.2, 0) is 36.7 Å². The lowest BCUT2D eigenvalue weighted by Gasteiger charge is -2.27. The number of carbonyl (C=O) groups excluding carboxylic acids is 1. The summed E-state index contributed by atoms with van der Waals surface area (Å²) >= 11 is 0. The molecule has 4 nitrogen and oxygen atoms in total. The van der Waals surface area contributed by atoms with Crippen molar-refractivity contribution >= 4 is 11.6 Å². The summed E-state index contributed by atoms with van der Waals surface area (Å²) in [5.74, 6) is -0.0866. The molecule has 0 amide bonds. The van der Waals surface area contributed by atoms with Crippen LogP contribution in [0.1, 0.15) is 52.4 Å². The normalized spacial score (nSPS) is 17.9. The fourth-order valence-corrected chi connectivity index (χ4v) is 4.95. The van der Waals surface area contributed by atoms with Crippen LogP contribution in [0, 0.1) is 5.82 Å². The maximum absolute atomic E-state index is 15.4. The Morgan fingerprint density at radius 3 is 2.50 bits per heavy atom. The van der Waals surface area contributed by atoms with Gasteiger partial charge in [0.2, 0.25) is 0 Å². The standard InChI is InChI=1S/C26H23F4N3O/c27-24-22(10-4-16-3-5-18-13-21(34)14-19(18)12-16)31-15-32-25(24)33-11-1-2-23(33)17-6-8-20(9-7-17)26(28,29)30/h3,5-9,12,15,23H,1-2,4,10-11,13-14H2. The smallest absolute Gasteiger partial charge is 0.347 e. The summed E-state index contributed by atoms with van der Waals surface area (Å²) in [6, 6.07) is 10.8. The molecule has 0 spiro atoms. The molecule has 0 saturated carbocycles. The lowest BCUT2D eigenvalue weighted by Crippen LogP contribution is -2.25. The zero-order valence-electron chi connectivity index (χ0n) is 18.4. The molecule has 0 bridgehead atoms. The Kier molecular flexibility index (Phi) is 5.83. The highest BCUT2D eigenvalue weighted by Gasteiger charge is 2.33. The van der Waals surface area contributed by atoms with E-state index in [9.17, 15) is 18.0 Å². The molecule has 2 aliphatic rings. The van der Waals surface area contributed by atoms with Gasteiger partial charge in [-0.3, -0.25) is 4.79 Å². The molecule has 5 rings (SSSR count). The van der Waals surface area contributed by atoms with Crippen LogP contribution in [-0.4, -0.2) is 22.3 Å². The summed E-state index contributed by atoms with van der Waals surface area (Å²) in [4.78, 5) is 21.8. The monoisotopic (exact) mass is 469 g/mol. The lowest BCUT2D eigenvalue weighted by molar-refractivity contribution is -0.137. The van der Waals surface area contributed by atoms with Crippen LogP contribution in [0.15, 0.2) is 48.8 Å². The Bertz CT molecular complexity index is 1220. The molecule has 1 aliphatic heterocycles. The van der Waals surface area contributed by atoms with Crippen LogP contribution in [0.25, 0.3) is 0 Å². The van der Waals surface area contributed by atoms with Crippen molar-refractivity contribution in [3.05, 3.63) is 88.1 Å². The zero-order valence-corrected chi connectivity index (χ0v) is 18.4. The molecular weight excluding hydrogens is 446 g/mol. The van der Waals surface area contributed by atoms with E-state index in [1.54, 1.807) is 0 Å². The van der Waals surface area contributed by atoms with Gasteiger partial charge in [-0.15, -0.1) is 0 Å². The fraction of sp³-hybridized carbons (Fsp3) is 0.346. The van der Waals surface area contributed by atoms with E-state index in [1.807, 2.05) is 23.1 Å². The number of Topliss-reactive ketones (excluding diaryl/α,β-unsaturated/α-hetero) is 1. The highest BCUT2D eigenvalue weighted by atomic mass is 19.4. The third-order valence-corrected chi connectivity index (χ3v) is 6.69. The number of halogens is 4. The first-order valence-corrected chi connectivity index (χ1v) is 11.3. The summed E-state index contributed by atoms with van der Waals surface area (Å²) in [5, 5.41) is 0. The van der Waals surface area contributed by atoms with Gasteiger partial charge in [-0.25, -0.2) is 14.4 Å². The Hall–Kier alpha value is -3.29. The number of ketones is 1. The highest BCUT2D eigenvalue weighted by Crippen LogP contribution is 2.38. The predicted octanol–water partition coefficient (Wildman–Crippen LogP) is 5.43. The molecule has 8 heteroatoms. The number of hydrogen-bond donors (Lipinski definition) is 0. The molecule has 1 saturated heterocycles. The van der Waals surface area contributed by atoms with Gasteiger partial charge in [0.25, 0.3) is 0 Å². The van der Waals surface area contributed by atoms with Crippen LogP contribution in [0.3, 0.4) is 0 Å². The molecular formula is C26H23F4N3O. The van der Waals surface area contributed by atoms with Gasteiger partial charge in [0, 0.05) is 19.4 Å². The number of anilines is 1. The van der Waals surface area contributed by atoms with Crippen molar-refractivity contribution in [1.29, 1.82) is 0 Å². The Morgan fingerprint density at radius 1 is 0.971 bits per heavy atom. The first-order chi connectivity index (χ1) is 16.3. The van der Waals surface area contributed by atoms with E-state index in [4.69, 9.17) is 0 Å². The van der Waals surface area contributed by atoms with Gasteiger partial charge in [0.05, 0.1) is 17.3 Å². The van der Waals surface area contributed by atoms with E-state index >= 15 is 4.39 Å². The summed E-state index contributed by atoms with van der Waals surface area (Å²) in [6.45, 7) is 0.567. The highest BCUT2D eigenvalue weighted by molar-refractivity contribution is 5.87. The van der Waals surface area contributed by atoms with Gasteiger partial charge in [-0.1, -0.05) is 30.3 Å². The molecule has 1 aromatic heterocycles.